The van der Waals surface area contributed by atoms with Gasteiger partial charge in [-0.3, -0.25) is 10.7 Å². The van der Waals surface area contributed by atoms with E-state index in [9.17, 15) is 15.3 Å². The zero-order valence-electron chi connectivity index (χ0n) is 8.82. The standard InChI is InChI=1S/C9H12N4O4/c10-1-4(12)5(2-11)13-9-8(16)7(15)6(14)3-17-9/h5-9,12-16H,3H2/p+1/t5-,6+,7+,8+,9+/m0/s1. The molecule has 1 fully saturated rings. The number of rotatable bonds is 3. The predicted octanol–water partition coefficient (Wildman–Crippen LogP) is -3.58. The first kappa shape index (κ1) is 13.5. The highest BCUT2D eigenvalue weighted by Gasteiger charge is 2.41. The zero-order chi connectivity index (χ0) is 13.0. The number of nitriles is 2. The predicted molar refractivity (Wildman–Crippen MR) is 52.4 cm³/mol. The lowest BCUT2D eigenvalue weighted by molar-refractivity contribution is -0.746. The van der Waals surface area contributed by atoms with Crippen LogP contribution in [0.4, 0.5) is 0 Å². The van der Waals surface area contributed by atoms with Gasteiger partial charge in [-0.05, 0) is 0 Å². The molecule has 0 aromatic heterocycles. The summed E-state index contributed by atoms with van der Waals surface area (Å²) >= 11 is 0. The number of aliphatic hydroxyl groups excluding tert-OH is 3. The minimum atomic E-state index is -1.39. The summed E-state index contributed by atoms with van der Waals surface area (Å²) in [5.74, 6) is 0. The van der Waals surface area contributed by atoms with Gasteiger partial charge in [0.25, 0.3) is 0 Å². The van der Waals surface area contributed by atoms with Gasteiger partial charge in [0.15, 0.2) is 11.8 Å². The summed E-state index contributed by atoms with van der Waals surface area (Å²) in [5, 5.41) is 53.8. The average molecular weight is 241 g/mol. The van der Waals surface area contributed by atoms with E-state index in [-0.39, 0.29) is 6.61 Å². The van der Waals surface area contributed by atoms with Crippen molar-refractivity contribution < 1.29 is 25.4 Å². The smallest absolute Gasteiger partial charge is 0.227 e. The molecule has 0 radical (unpaired) electrons. The maximum absolute atomic E-state index is 9.58. The minimum absolute atomic E-state index is 0.183. The number of aliphatic hydroxyl groups is 3. The molecule has 5 atom stereocenters. The Bertz CT molecular complexity index is 374. The first-order valence-corrected chi connectivity index (χ1v) is 4.90. The molecule has 6 N–H and O–H groups in total. The molecule has 0 aromatic carbocycles. The summed E-state index contributed by atoms with van der Waals surface area (Å²) in [7, 11) is 0. The number of hydrogen-bond acceptors (Lipinski definition) is 7. The van der Waals surface area contributed by atoms with E-state index in [4.69, 9.17) is 20.7 Å². The van der Waals surface area contributed by atoms with Crippen molar-refractivity contribution in [2.45, 2.75) is 30.6 Å². The first-order valence-electron chi connectivity index (χ1n) is 4.90. The van der Waals surface area contributed by atoms with Crippen molar-refractivity contribution in [2.75, 3.05) is 6.61 Å². The van der Waals surface area contributed by atoms with Crippen LogP contribution in [0, 0.1) is 28.1 Å². The number of nitrogens with zero attached hydrogens (tertiary/aromatic N) is 2. The van der Waals surface area contributed by atoms with E-state index in [1.54, 1.807) is 6.07 Å². The van der Waals surface area contributed by atoms with Crippen LogP contribution in [-0.2, 0) is 4.74 Å². The van der Waals surface area contributed by atoms with Gasteiger partial charge in [0.1, 0.15) is 24.3 Å². The van der Waals surface area contributed by atoms with Crippen molar-refractivity contribution in [3.05, 3.63) is 0 Å². The normalized spacial score (nSPS) is 34.4. The molecule has 1 rings (SSSR count). The van der Waals surface area contributed by atoms with E-state index < -0.39 is 36.3 Å². The van der Waals surface area contributed by atoms with Crippen LogP contribution >= 0.6 is 0 Å². The van der Waals surface area contributed by atoms with Crippen molar-refractivity contribution >= 4 is 5.71 Å². The van der Waals surface area contributed by atoms with Gasteiger partial charge in [-0.15, -0.1) is 0 Å². The van der Waals surface area contributed by atoms with E-state index in [2.05, 4.69) is 0 Å². The highest BCUT2D eigenvalue weighted by atomic mass is 16.5. The summed E-state index contributed by atoms with van der Waals surface area (Å²) in [6, 6.07) is 2.12. The average Bonchev–Trinajstić information content (AvgIpc) is 2.34. The molecule has 17 heavy (non-hydrogen) atoms. The van der Waals surface area contributed by atoms with E-state index in [0.717, 1.165) is 0 Å². The number of quaternary nitrogens is 1. The Morgan fingerprint density at radius 2 is 2.00 bits per heavy atom. The fraction of sp³-hybridized carbons (Fsp3) is 0.667. The Hall–Kier alpha value is -1.55. The zero-order valence-corrected chi connectivity index (χ0v) is 8.82. The molecule has 1 aliphatic rings. The van der Waals surface area contributed by atoms with Crippen molar-refractivity contribution in [1.82, 2.24) is 0 Å². The van der Waals surface area contributed by atoms with Crippen LogP contribution in [0.3, 0.4) is 0 Å². The van der Waals surface area contributed by atoms with Gasteiger partial charge in [-0.1, -0.05) is 0 Å². The maximum atomic E-state index is 9.58. The topological polar surface area (TPSA) is 158 Å². The molecule has 8 nitrogen and oxygen atoms in total. The van der Waals surface area contributed by atoms with E-state index >= 15 is 0 Å². The Balaban J connectivity index is 2.66. The molecule has 1 aliphatic heterocycles. The summed E-state index contributed by atoms with van der Waals surface area (Å²) in [6.45, 7) is -0.183. The molecular formula is C9H13N4O4+. The Labute approximate surface area is 97.2 Å². The fourth-order valence-corrected chi connectivity index (χ4v) is 1.46. The lowest BCUT2D eigenvalue weighted by atomic mass is 10.0. The van der Waals surface area contributed by atoms with Gasteiger partial charge in [0.2, 0.25) is 12.3 Å². The lowest BCUT2D eigenvalue weighted by Gasteiger charge is -2.33. The third-order valence-corrected chi connectivity index (χ3v) is 2.49. The van der Waals surface area contributed by atoms with E-state index in [0.29, 0.717) is 0 Å². The van der Waals surface area contributed by atoms with Crippen LogP contribution in [0.1, 0.15) is 0 Å². The molecule has 0 bridgehead atoms. The Morgan fingerprint density at radius 1 is 1.35 bits per heavy atom. The summed E-state index contributed by atoms with van der Waals surface area (Å²) in [5.41, 5.74) is -0.469. The monoisotopic (exact) mass is 241 g/mol. The van der Waals surface area contributed by atoms with Gasteiger partial charge >= 0.3 is 0 Å². The second-order valence-electron chi connectivity index (χ2n) is 3.67. The molecule has 0 amide bonds. The molecule has 1 heterocycles. The molecule has 92 valence electrons. The van der Waals surface area contributed by atoms with Crippen molar-refractivity contribution in [2.24, 2.45) is 0 Å². The molecule has 8 heteroatoms. The summed E-state index contributed by atoms with van der Waals surface area (Å²) in [4.78, 5) is 0. The van der Waals surface area contributed by atoms with Crippen LogP contribution in [0.15, 0.2) is 0 Å². The number of nitrogens with one attached hydrogen (secondary N) is 1. The largest absolute Gasteiger partial charge is 0.388 e. The molecule has 0 aliphatic carbocycles. The summed E-state index contributed by atoms with van der Waals surface area (Å²) in [6.07, 6.45) is -4.95. The molecule has 1 saturated heterocycles. The van der Waals surface area contributed by atoms with Crippen LogP contribution in [0.5, 0.6) is 0 Å². The van der Waals surface area contributed by atoms with Gasteiger partial charge in [0, 0.05) is 0 Å². The van der Waals surface area contributed by atoms with Gasteiger partial charge < -0.3 is 20.1 Å². The number of ether oxygens (including phenoxy) is 1. The maximum Gasteiger partial charge on any atom is 0.227 e. The molecule has 0 aromatic rings. The van der Waals surface area contributed by atoms with Gasteiger partial charge in [-0.2, -0.15) is 10.5 Å². The van der Waals surface area contributed by atoms with Crippen LogP contribution in [0.25, 0.3) is 0 Å². The van der Waals surface area contributed by atoms with Crippen LogP contribution in [0.2, 0.25) is 0 Å². The Kier molecular flexibility index (Phi) is 4.52. The summed E-state index contributed by atoms with van der Waals surface area (Å²) < 4.78 is 5.03. The first-order chi connectivity index (χ1) is 8.01. The van der Waals surface area contributed by atoms with E-state index in [1.165, 1.54) is 11.4 Å². The quantitative estimate of drug-likeness (QED) is 0.321. The van der Waals surface area contributed by atoms with E-state index in [1.807, 2.05) is 0 Å². The van der Waals surface area contributed by atoms with Gasteiger partial charge in [-0.25, -0.2) is 0 Å². The SMILES string of the molecule is N#CC(=N)[C@H](C#N)[NH2+][C@@H]1OC[C@@H](O)[C@@H](O)[C@H]1O. The minimum Gasteiger partial charge on any atom is -0.388 e. The second-order valence-corrected chi connectivity index (χ2v) is 3.67. The molecule has 0 unspecified atom stereocenters. The number of hydrogen-bond donors (Lipinski definition) is 5. The third kappa shape index (κ3) is 2.97. The molecule has 0 saturated carbocycles. The molecule has 0 spiro atoms. The highest BCUT2D eigenvalue weighted by Crippen LogP contribution is 2.11. The van der Waals surface area contributed by atoms with Crippen LogP contribution in [-0.4, -0.2) is 58.2 Å². The second kappa shape index (κ2) is 5.68. The van der Waals surface area contributed by atoms with Crippen molar-refractivity contribution in [3.8, 4) is 12.1 Å². The van der Waals surface area contributed by atoms with Crippen LogP contribution < -0.4 is 5.32 Å². The van der Waals surface area contributed by atoms with Gasteiger partial charge in [0.05, 0.1) is 6.61 Å². The number of nitrogens with two attached hydrogens (primary N) is 1. The third-order valence-electron chi connectivity index (χ3n) is 2.49. The highest BCUT2D eigenvalue weighted by molar-refractivity contribution is 6.00. The lowest BCUT2D eigenvalue weighted by Crippen LogP contribution is -3.00. The van der Waals surface area contributed by atoms with Crippen molar-refractivity contribution in [3.63, 3.8) is 0 Å². The Morgan fingerprint density at radius 3 is 2.53 bits per heavy atom. The van der Waals surface area contributed by atoms with Crippen molar-refractivity contribution in [1.29, 1.82) is 15.9 Å². The fourth-order valence-electron chi connectivity index (χ4n) is 1.46. The molecular weight excluding hydrogens is 228 g/mol.